The van der Waals surface area contributed by atoms with E-state index in [-0.39, 0.29) is 6.10 Å². The summed E-state index contributed by atoms with van der Waals surface area (Å²) in [6.45, 7) is 12.2. The maximum atomic E-state index is 10.6. The molecule has 0 amide bonds. The van der Waals surface area contributed by atoms with Gasteiger partial charge in [0.25, 0.3) is 0 Å². The fourth-order valence-corrected chi connectivity index (χ4v) is 5.95. The zero-order valence-corrected chi connectivity index (χ0v) is 13.4. The van der Waals surface area contributed by atoms with Gasteiger partial charge < -0.3 is 5.11 Å². The van der Waals surface area contributed by atoms with Crippen molar-refractivity contribution < 1.29 is 5.11 Å². The van der Waals surface area contributed by atoms with E-state index in [1.54, 1.807) is 0 Å². The van der Waals surface area contributed by atoms with Crippen molar-refractivity contribution in [2.75, 3.05) is 0 Å². The molecule has 0 heterocycles. The second-order valence-corrected chi connectivity index (χ2v) is 8.87. The van der Waals surface area contributed by atoms with E-state index in [1.807, 2.05) is 0 Å². The highest BCUT2D eigenvalue weighted by atomic mass is 16.3. The minimum absolute atomic E-state index is 0.0387. The van der Waals surface area contributed by atoms with Crippen molar-refractivity contribution in [1.82, 2.24) is 0 Å². The van der Waals surface area contributed by atoms with E-state index in [0.717, 1.165) is 24.2 Å². The van der Waals surface area contributed by atoms with Crippen LogP contribution in [0.25, 0.3) is 0 Å². The van der Waals surface area contributed by atoms with Crippen molar-refractivity contribution in [3.63, 3.8) is 0 Å². The van der Waals surface area contributed by atoms with E-state index in [1.165, 1.54) is 25.7 Å². The average Bonchev–Trinajstić information content (AvgIpc) is 2.66. The van der Waals surface area contributed by atoms with E-state index < -0.39 is 0 Å². The lowest BCUT2D eigenvalue weighted by atomic mass is 9.58. The molecule has 0 radical (unpaired) electrons. The van der Waals surface area contributed by atoms with Gasteiger partial charge in [0.05, 0.1) is 6.10 Å². The van der Waals surface area contributed by atoms with Crippen molar-refractivity contribution in [3.05, 3.63) is 0 Å². The van der Waals surface area contributed by atoms with Gasteiger partial charge >= 0.3 is 0 Å². The summed E-state index contributed by atoms with van der Waals surface area (Å²) in [5, 5.41) is 10.6. The van der Waals surface area contributed by atoms with E-state index in [9.17, 15) is 5.11 Å². The molecular weight excluding hydrogens is 232 g/mol. The van der Waals surface area contributed by atoms with Crippen LogP contribution in [-0.2, 0) is 0 Å². The van der Waals surface area contributed by atoms with Crippen LogP contribution < -0.4 is 0 Å². The molecule has 1 N–H and O–H groups in total. The summed E-state index contributed by atoms with van der Waals surface area (Å²) in [4.78, 5) is 0. The maximum absolute atomic E-state index is 10.6. The Morgan fingerprint density at radius 2 is 1.58 bits per heavy atom. The van der Waals surface area contributed by atoms with Gasteiger partial charge in [-0.1, -0.05) is 34.6 Å². The molecule has 3 aliphatic carbocycles. The van der Waals surface area contributed by atoms with Crippen LogP contribution in [0.5, 0.6) is 0 Å². The van der Waals surface area contributed by atoms with Gasteiger partial charge in [-0.05, 0) is 72.5 Å². The second-order valence-electron chi connectivity index (χ2n) is 8.87. The molecule has 0 aromatic rings. The summed E-state index contributed by atoms with van der Waals surface area (Å²) in [6.07, 6.45) is 6.45. The first-order chi connectivity index (χ1) is 8.77. The highest BCUT2D eigenvalue weighted by Crippen LogP contribution is 2.70. The van der Waals surface area contributed by atoms with Gasteiger partial charge in [0.15, 0.2) is 0 Å². The molecule has 3 aliphatic rings. The van der Waals surface area contributed by atoms with Gasteiger partial charge in [0, 0.05) is 0 Å². The Morgan fingerprint density at radius 3 is 2.11 bits per heavy atom. The summed E-state index contributed by atoms with van der Waals surface area (Å²) >= 11 is 0. The quantitative estimate of drug-likeness (QED) is 0.739. The number of hydrogen-bond donors (Lipinski definition) is 1. The van der Waals surface area contributed by atoms with E-state index >= 15 is 0 Å². The van der Waals surface area contributed by atoms with E-state index in [4.69, 9.17) is 0 Å². The molecule has 0 aliphatic heterocycles. The topological polar surface area (TPSA) is 20.2 Å². The van der Waals surface area contributed by atoms with Crippen molar-refractivity contribution in [2.45, 2.75) is 72.8 Å². The first-order valence-corrected chi connectivity index (χ1v) is 8.45. The molecule has 0 aromatic heterocycles. The molecule has 0 spiro atoms. The summed E-state index contributed by atoms with van der Waals surface area (Å²) in [5.41, 5.74) is 0.966. The monoisotopic (exact) mass is 264 g/mol. The zero-order valence-electron chi connectivity index (χ0n) is 13.4. The predicted molar refractivity (Wildman–Crippen MR) is 79.8 cm³/mol. The van der Waals surface area contributed by atoms with Crippen molar-refractivity contribution in [1.29, 1.82) is 0 Å². The SMILES string of the molecule is C[C@H]1C[C@@H]([C@H]2C[C@H]3CC[C@@]2(C)C3(C)C)[C@@H](O)C[C@@H]1C. The molecular formula is C18H32O. The fraction of sp³-hybridized carbons (Fsp3) is 1.00. The lowest BCUT2D eigenvalue weighted by Crippen LogP contribution is -2.44. The third kappa shape index (κ3) is 1.76. The third-order valence-electron chi connectivity index (χ3n) is 8.10. The number of fused-ring (bicyclic) bond motifs is 2. The van der Waals surface area contributed by atoms with Gasteiger partial charge in [-0.25, -0.2) is 0 Å². The van der Waals surface area contributed by atoms with Gasteiger partial charge in [-0.2, -0.15) is 0 Å². The standard InChI is InChI=1S/C18H32O/c1-11-8-14(16(19)9-12(11)2)15-10-13-6-7-18(15,5)17(13,3)4/h11-16,19H,6-10H2,1-5H3/t11-,12-,13+,14-,15+,16-,18+/m0/s1. The molecule has 0 aromatic carbocycles. The largest absolute Gasteiger partial charge is 0.393 e. The summed E-state index contributed by atoms with van der Waals surface area (Å²) in [5.74, 6) is 3.74. The van der Waals surface area contributed by atoms with Crippen LogP contribution in [0.2, 0.25) is 0 Å². The molecule has 3 fully saturated rings. The van der Waals surface area contributed by atoms with Crippen LogP contribution in [0.1, 0.15) is 66.7 Å². The van der Waals surface area contributed by atoms with E-state index in [0.29, 0.717) is 22.7 Å². The van der Waals surface area contributed by atoms with Gasteiger partial charge in [-0.15, -0.1) is 0 Å². The summed E-state index contributed by atoms with van der Waals surface area (Å²) in [6, 6.07) is 0. The Balaban J connectivity index is 1.84. The molecule has 19 heavy (non-hydrogen) atoms. The van der Waals surface area contributed by atoms with Crippen LogP contribution >= 0.6 is 0 Å². The smallest absolute Gasteiger partial charge is 0.0574 e. The zero-order chi connectivity index (χ0) is 14.0. The summed E-state index contributed by atoms with van der Waals surface area (Å²) in [7, 11) is 0. The minimum atomic E-state index is -0.0387. The Bertz CT molecular complexity index is 361. The molecule has 2 bridgehead atoms. The number of aliphatic hydroxyl groups is 1. The predicted octanol–water partition coefficient (Wildman–Crippen LogP) is 4.49. The highest BCUT2D eigenvalue weighted by molar-refractivity contribution is 5.12. The van der Waals surface area contributed by atoms with Crippen molar-refractivity contribution >= 4 is 0 Å². The Hall–Kier alpha value is -0.0400. The minimum Gasteiger partial charge on any atom is -0.393 e. The maximum Gasteiger partial charge on any atom is 0.0574 e. The van der Waals surface area contributed by atoms with Crippen LogP contribution in [0, 0.1) is 40.4 Å². The molecule has 110 valence electrons. The molecule has 1 nitrogen and oxygen atoms in total. The molecule has 3 saturated carbocycles. The van der Waals surface area contributed by atoms with Crippen LogP contribution in [0.4, 0.5) is 0 Å². The molecule has 3 rings (SSSR count). The lowest BCUT2D eigenvalue weighted by Gasteiger charge is -2.47. The first kappa shape index (κ1) is 13.9. The van der Waals surface area contributed by atoms with Gasteiger partial charge in [-0.3, -0.25) is 0 Å². The van der Waals surface area contributed by atoms with Crippen LogP contribution in [0.15, 0.2) is 0 Å². The van der Waals surface area contributed by atoms with Crippen LogP contribution in [-0.4, -0.2) is 11.2 Å². The number of aliphatic hydroxyl groups excluding tert-OH is 1. The first-order valence-electron chi connectivity index (χ1n) is 8.45. The van der Waals surface area contributed by atoms with Crippen LogP contribution in [0.3, 0.4) is 0 Å². The molecule has 7 atom stereocenters. The van der Waals surface area contributed by atoms with Gasteiger partial charge in [0.2, 0.25) is 0 Å². The van der Waals surface area contributed by atoms with Crippen molar-refractivity contribution in [3.8, 4) is 0 Å². The Morgan fingerprint density at radius 1 is 0.947 bits per heavy atom. The second kappa shape index (κ2) is 4.23. The van der Waals surface area contributed by atoms with Gasteiger partial charge in [0.1, 0.15) is 0 Å². The van der Waals surface area contributed by atoms with Crippen molar-refractivity contribution in [2.24, 2.45) is 40.4 Å². The Labute approximate surface area is 119 Å². The number of rotatable bonds is 1. The highest BCUT2D eigenvalue weighted by Gasteiger charge is 2.63. The number of hydrogen-bond acceptors (Lipinski definition) is 1. The Kier molecular flexibility index (Phi) is 3.10. The molecule has 0 saturated heterocycles. The molecule has 0 unspecified atom stereocenters. The third-order valence-corrected chi connectivity index (χ3v) is 8.10. The normalized spacial score (nSPS) is 56.5. The molecule has 1 heteroatoms. The summed E-state index contributed by atoms with van der Waals surface area (Å²) < 4.78 is 0. The average molecular weight is 264 g/mol. The lowest BCUT2D eigenvalue weighted by molar-refractivity contribution is -0.0469. The fourth-order valence-electron chi connectivity index (χ4n) is 5.95. The van der Waals surface area contributed by atoms with E-state index in [2.05, 4.69) is 34.6 Å².